The molecule has 0 amide bonds. The van der Waals surface area contributed by atoms with E-state index in [0.29, 0.717) is 11.5 Å². The molecule has 0 bridgehead atoms. The quantitative estimate of drug-likeness (QED) is 0.505. The minimum absolute atomic E-state index is 0.433. The molecule has 0 aliphatic rings. The summed E-state index contributed by atoms with van der Waals surface area (Å²) in [6.45, 7) is 6.21. The Morgan fingerprint density at radius 2 is 1.56 bits per heavy atom. The molecule has 1 aromatic heterocycles. The molecule has 1 nitrogen and oxygen atoms in total. The number of alkyl halides is 3. The molecule has 0 atom stereocenters. The number of aryl methyl sites for hydroxylation is 1. The first-order valence-electron chi connectivity index (χ1n) is 8.23. The van der Waals surface area contributed by atoms with Gasteiger partial charge in [-0.2, -0.15) is 13.2 Å². The molecule has 1 heterocycles. The first-order chi connectivity index (χ1) is 11.8. The average Bonchev–Trinajstić information content (AvgIpc) is 2.96. The Bertz CT molecular complexity index is 871. The summed E-state index contributed by atoms with van der Waals surface area (Å²) in [6.07, 6.45) is -4.35. The maximum Gasteiger partial charge on any atom is 0.416 e. The largest absolute Gasteiger partial charge is 0.416 e. The predicted molar refractivity (Wildman–Crippen MR) is 95.0 cm³/mol. The second-order valence-corrected chi connectivity index (χ2v) is 6.52. The fourth-order valence-electron chi connectivity index (χ4n) is 2.97. The van der Waals surface area contributed by atoms with E-state index in [2.05, 4.69) is 26.0 Å². The summed E-state index contributed by atoms with van der Waals surface area (Å²) in [7, 11) is 0. The van der Waals surface area contributed by atoms with E-state index < -0.39 is 11.7 Å². The van der Waals surface area contributed by atoms with E-state index in [1.54, 1.807) is 6.07 Å². The van der Waals surface area contributed by atoms with Crippen LogP contribution in [0.1, 0.15) is 36.6 Å². The topological polar surface area (TPSA) is 4.93 Å². The Kier molecular flexibility index (Phi) is 4.46. The van der Waals surface area contributed by atoms with Crippen LogP contribution in [0.15, 0.2) is 60.7 Å². The van der Waals surface area contributed by atoms with Gasteiger partial charge >= 0.3 is 6.18 Å². The molecule has 0 spiro atoms. The van der Waals surface area contributed by atoms with Gasteiger partial charge in [0.05, 0.1) is 11.3 Å². The summed E-state index contributed by atoms with van der Waals surface area (Å²) in [5.41, 5.74) is 3.82. The molecule has 0 fully saturated rings. The highest BCUT2D eigenvalue weighted by atomic mass is 19.4. The van der Waals surface area contributed by atoms with Gasteiger partial charge in [-0.3, -0.25) is 0 Å². The molecule has 0 N–H and O–H groups in total. The second kappa shape index (κ2) is 6.43. The number of benzene rings is 2. The minimum atomic E-state index is -4.35. The summed E-state index contributed by atoms with van der Waals surface area (Å²) in [5, 5.41) is 0. The first-order valence-corrected chi connectivity index (χ1v) is 8.23. The molecule has 25 heavy (non-hydrogen) atoms. The van der Waals surface area contributed by atoms with Crippen LogP contribution in [0.5, 0.6) is 0 Å². The number of halogens is 3. The summed E-state index contributed by atoms with van der Waals surface area (Å²) in [6, 6.07) is 17.4. The third-order valence-corrected chi connectivity index (χ3v) is 4.38. The first kappa shape index (κ1) is 17.3. The SMILES string of the molecule is Cc1ccc(-c2cccc(C(F)(F)F)c2)n1-c1ccc(C(C)C)cc1. The van der Waals surface area contributed by atoms with Crippen molar-refractivity contribution in [3.05, 3.63) is 77.5 Å². The highest BCUT2D eigenvalue weighted by molar-refractivity contribution is 5.65. The van der Waals surface area contributed by atoms with Gasteiger partial charge in [-0.05, 0) is 60.4 Å². The van der Waals surface area contributed by atoms with Crippen LogP contribution < -0.4 is 0 Å². The fraction of sp³-hybridized carbons (Fsp3) is 0.238. The van der Waals surface area contributed by atoms with Crippen molar-refractivity contribution >= 4 is 0 Å². The standard InChI is InChI=1S/C21H20F3N/c1-14(2)16-8-10-19(11-9-16)25-15(3)7-12-20(25)17-5-4-6-18(13-17)21(22,23)24/h4-14H,1-3H3. The number of hydrogen-bond acceptors (Lipinski definition) is 0. The Morgan fingerprint density at radius 3 is 2.16 bits per heavy atom. The average molecular weight is 343 g/mol. The molecule has 0 aliphatic carbocycles. The molecular weight excluding hydrogens is 323 g/mol. The van der Waals surface area contributed by atoms with Crippen LogP contribution in [0.2, 0.25) is 0 Å². The Hall–Kier alpha value is -2.49. The molecule has 0 saturated carbocycles. The van der Waals surface area contributed by atoms with Gasteiger partial charge in [-0.1, -0.05) is 38.1 Å². The van der Waals surface area contributed by atoms with Crippen LogP contribution in [0.25, 0.3) is 16.9 Å². The zero-order chi connectivity index (χ0) is 18.2. The van der Waals surface area contributed by atoms with Crippen molar-refractivity contribution in [2.24, 2.45) is 0 Å². The van der Waals surface area contributed by atoms with Gasteiger partial charge in [0.15, 0.2) is 0 Å². The van der Waals surface area contributed by atoms with Gasteiger partial charge in [-0.25, -0.2) is 0 Å². The molecule has 3 rings (SSSR count). The van der Waals surface area contributed by atoms with Gasteiger partial charge in [0.2, 0.25) is 0 Å². The van der Waals surface area contributed by atoms with Crippen LogP contribution in [0.4, 0.5) is 13.2 Å². The highest BCUT2D eigenvalue weighted by Crippen LogP contribution is 2.33. The van der Waals surface area contributed by atoms with Crippen LogP contribution in [0, 0.1) is 6.92 Å². The van der Waals surface area contributed by atoms with Gasteiger partial charge in [0, 0.05) is 11.4 Å². The van der Waals surface area contributed by atoms with Gasteiger partial charge in [-0.15, -0.1) is 0 Å². The monoisotopic (exact) mass is 343 g/mol. The molecule has 0 aliphatic heterocycles. The van der Waals surface area contributed by atoms with Crippen LogP contribution in [0.3, 0.4) is 0 Å². The Balaban J connectivity index is 2.09. The third-order valence-electron chi connectivity index (χ3n) is 4.38. The number of aromatic nitrogens is 1. The van der Waals surface area contributed by atoms with E-state index in [1.807, 2.05) is 35.8 Å². The van der Waals surface area contributed by atoms with Gasteiger partial charge in [0.25, 0.3) is 0 Å². The normalized spacial score (nSPS) is 12.0. The predicted octanol–water partition coefficient (Wildman–Crippen LogP) is 6.59. The highest BCUT2D eigenvalue weighted by Gasteiger charge is 2.30. The molecule has 2 aromatic carbocycles. The minimum Gasteiger partial charge on any atom is -0.314 e. The summed E-state index contributed by atoms with van der Waals surface area (Å²) < 4.78 is 41.1. The molecule has 4 heteroatoms. The molecular formula is C21H20F3N. The molecule has 0 saturated heterocycles. The van der Waals surface area contributed by atoms with E-state index in [9.17, 15) is 13.2 Å². The van der Waals surface area contributed by atoms with Crippen molar-refractivity contribution < 1.29 is 13.2 Å². The molecule has 0 unspecified atom stereocenters. The smallest absolute Gasteiger partial charge is 0.314 e. The van der Waals surface area contributed by atoms with Crippen LogP contribution in [-0.4, -0.2) is 4.57 Å². The van der Waals surface area contributed by atoms with Crippen LogP contribution >= 0.6 is 0 Å². The Labute approximate surface area is 145 Å². The lowest BCUT2D eigenvalue weighted by Gasteiger charge is -2.15. The second-order valence-electron chi connectivity index (χ2n) is 6.52. The van der Waals surface area contributed by atoms with Crippen molar-refractivity contribution in [2.75, 3.05) is 0 Å². The van der Waals surface area contributed by atoms with Crippen molar-refractivity contribution in [1.82, 2.24) is 4.57 Å². The van der Waals surface area contributed by atoms with E-state index >= 15 is 0 Å². The van der Waals surface area contributed by atoms with E-state index in [1.165, 1.54) is 17.7 Å². The molecule has 3 aromatic rings. The maximum absolute atomic E-state index is 13.0. The summed E-state index contributed by atoms with van der Waals surface area (Å²) in [4.78, 5) is 0. The van der Waals surface area contributed by atoms with E-state index in [0.717, 1.165) is 23.1 Å². The molecule has 130 valence electrons. The number of rotatable bonds is 3. The zero-order valence-electron chi connectivity index (χ0n) is 14.4. The maximum atomic E-state index is 13.0. The Morgan fingerprint density at radius 1 is 0.880 bits per heavy atom. The van der Waals surface area contributed by atoms with E-state index in [-0.39, 0.29) is 0 Å². The lowest BCUT2D eigenvalue weighted by Crippen LogP contribution is -2.05. The van der Waals surface area contributed by atoms with Gasteiger partial charge in [0.1, 0.15) is 0 Å². The van der Waals surface area contributed by atoms with Crippen molar-refractivity contribution in [1.29, 1.82) is 0 Å². The van der Waals surface area contributed by atoms with Crippen LogP contribution in [-0.2, 0) is 6.18 Å². The number of hydrogen-bond donors (Lipinski definition) is 0. The van der Waals surface area contributed by atoms with Crippen molar-refractivity contribution in [2.45, 2.75) is 32.9 Å². The fourth-order valence-corrected chi connectivity index (χ4v) is 2.97. The van der Waals surface area contributed by atoms with Crippen molar-refractivity contribution in [3.8, 4) is 16.9 Å². The van der Waals surface area contributed by atoms with Gasteiger partial charge < -0.3 is 4.57 Å². The lowest BCUT2D eigenvalue weighted by atomic mass is 10.0. The van der Waals surface area contributed by atoms with E-state index in [4.69, 9.17) is 0 Å². The zero-order valence-corrected chi connectivity index (χ0v) is 14.4. The molecule has 0 radical (unpaired) electrons. The number of nitrogens with zero attached hydrogens (tertiary/aromatic N) is 1. The summed E-state index contributed by atoms with van der Waals surface area (Å²) >= 11 is 0. The third kappa shape index (κ3) is 3.48. The summed E-state index contributed by atoms with van der Waals surface area (Å²) in [5.74, 6) is 0.433. The van der Waals surface area contributed by atoms with Crippen molar-refractivity contribution in [3.63, 3.8) is 0 Å². The lowest BCUT2D eigenvalue weighted by molar-refractivity contribution is -0.137.